The predicted octanol–water partition coefficient (Wildman–Crippen LogP) is 2.94. The zero-order valence-corrected chi connectivity index (χ0v) is 11.2. The zero-order valence-electron chi connectivity index (χ0n) is 10.5. The Labute approximate surface area is 115 Å². The van der Waals surface area contributed by atoms with E-state index in [0.29, 0.717) is 5.95 Å². The monoisotopic (exact) mass is 280 g/mol. The normalized spacial score (nSPS) is 22.3. The molecule has 4 nitrogen and oxygen atoms in total. The van der Waals surface area contributed by atoms with Gasteiger partial charge in [-0.1, -0.05) is 17.7 Å². The average Bonchev–Trinajstić information content (AvgIpc) is 2.75. The number of fused-ring (bicyclic) bond motifs is 1. The van der Waals surface area contributed by atoms with Gasteiger partial charge in [-0.15, -0.1) is 5.10 Å². The summed E-state index contributed by atoms with van der Waals surface area (Å²) < 4.78 is 15.1. The third kappa shape index (κ3) is 2.08. The van der Waals surface area contributed by atoms with Gasteiger partial charge in [-0.3, -0.25) is 0 Å². The van der Waals surface area contributed by atoms with E-state index in [-0.39, 0.29) is 22.8 Å². The molecule has 1 aliphatic heterocycles. The van der Waals surface area contributed by atoms with Crippen molar-refractivity contribution in [2.75, 3.05) is 5.73 Å². The lowest BCUT2D eigenvalue weighted by molar-refractivity contribution is 0.338. The first kappa shape index (κ1) is 12.4. The van der Waals surface area contributed by atoms with Gasteiger partial charge >= 0.3 is 0 Å². The lowest BCUT2D eigenvalue weighted by Gasteiger charge is -2.29. The summed E-state index contributed by atoms with van der Waals surface area (Å²) in [6.07, 6.45) is 1.75. The third-order valence-electron chi connectivity index (χ3n) is 3.74. The van der Waals surface area contributed by atoms with E-state index in [2.05, 4.69) is 17.0 Å². The van der Waals surface area contributed by atoms with Gasteiger partial charge in [-0.2, -0.15) is 4.98 Å². The molecule has 0 saturated carbocycles. The standard InChI is InChI=1S/C13H14ClFN4/c1-7-9(8-2-4-11(15)10(14)6-8)3-5-12-17-13(16)18-19(7)12/h2,4,6-7,9H,3,5H2,1H3,(H2,16,18). The van der Waals surface area contributed by atoms with Crippen LogP contribution in [-0.2, 0) is 6.42 Å². The molecular weight excluding hydrogens is 267 g/mol. The highest BCUT2D eigenvalue weighted by atomic mass is 35.5. The van der Waals surface area contributed by atoms with Gasteiger partial charge in [0.05, 0.1) is 11.1 Å². The van der Waals surface area contributed by atoms with Crippen molar-refractivity contribution in [3.05, 3.63) is 40.4 Å². The van der Waals surface area contributed by atoms with Crippen LogP contribution in [0.4, 0.5) is 10.3 Å². The van der Waals surface area contributed by atoms with Crippen molar-refractivity contribution in [3.63, 3.8) is 0 Å². The van der Waals surface area contributed by atoms with Crippen molar-refractivity contribution in [1.29, 1.82) is 0 Å². The smallest absolute Gasteiger partial charge is 0.239 e. The molecule has 0 aliphatic carbocycles. The molecule has 19 heavy (non-hydrogen) atoms. The van der Waals surface area contributed by atoms with Gasteiger partial charge < -0.3 is 5.73 Å². The van der Waals surface area contributed by atoms with E-state index in [1.807, 2.05) is 4.68 Å². The summed E-state index contributed by atoms with van der Waals surface area (Å²) in [4.78, 5) is 4.20. The van der Waals surface area contributed by atoms with Crippen LogP contribution in [0, 0.1) is 5.82 Å². The van der Waals surface area contributed by atoms with E-state index in [0.717, 1.165) is 24.2 Å². The number of nitrogens with zero attached hydrogens (tertiary/aromatic N) is 3. The second kappa shape index (κ2) is 4.49. The number of aryl methyl sites for hydroxylation is 1. The fourth-order valence-corrected chi connectivity index (χ4v) is 2.94. The van der Waals surface area contributed by atoms with Crippen molar-refractivity contribution < 1.29 is 4.39 Å². The lowest BCUT2D eigenvalue weighted by Crippen LogP contribution is -2.24. The maximum absolute atomic E-state index is 13.2. The minimum atomic E-state index is -0.389. The van der Waals surface area contributed by atoms with E-state index >= 15 is 0 Å². The number of halogens is 2. The van der Waals surface area contributed by atoms with Crippen molar-refractivity contribution >= 4 is 17.5 Å². The van der Waals surface area contributed by atoms with E-state index < -0.39 is 0 Å². The number of hydrogen-bond acceptors (Lipinski definition) is 3. The van der Waals surface area contributed by atoms with E-state index in [1.165, 1.54) is 6.07 Å². The van der Waals surface area contributed by atoms with E-state index in [9.17, 15) is 4.39 Å². The number of nitrogen functional groups attached to an aromatic ring is 1. The summed E-state index contributed by atoms with van der Waals surface area (Å²) in [5, 5.41) is 4.38. The Morgan fingerprint density at radius 2 is 2.26 bits per heavy atom. The summed E-state index contributed by atoms with van der Waals surface area (Å²) >= 11 is 5.86. The van der Waals surface area contributed by atoms with E-state index in [1.54, 1.807) is 12.1 Å². The largest absolute Gasteiger partial charge is 0.366 e. The van der Waals surface area contributed by atoms with Crippen molar-refractivity contribution in [2.24, 2.45) is 0 Å². The minimum absolute atomic E-state index is 0.134. The van der Waals surface area contributed by atoms with Gasteiger partial charge in [0.15, 0.2) is 0 Å². The molecule has 3 rings (SSSR count). The summed E-state index contributed by atoms with van der Waals surface area (Å²) in [6.45, 7) is 2.07. The highest BCUT2D eigenvalue weighted by Gasteiger charge is 2.29. The van der Waals surface area contributed by atoms with Crippen LogP contribution in [0.15, 0.2) is 18.2 Å². The van der Waals surface area contributed by atoms with Crippen molar-refractivity contribution in [2.45, 2.75) is 31.7 Å². The number of hydrogen-bond donors (Lipinski definition) is 1. The number of aromatic nitrogens is 3. The van der Waals surface area contributed by atoms with E-state index in [4.69, 9.17) is 17.3 Å². The SMILES string of the molecule is CC1C(c2ccc(F)c(Cl)c2)CCc2nc(N)nn21. The molecule has 2 unspecified atom stereocenters. The quantitative estimate of drug-likeness (QED) is 0.874. The first-order chi connectivity index (χ1) is 9.06. The molecule has 0 spiro atoms. The Hall–Kier alpha value is -1.62. The van der Waals surface area contributed by atoms with Gasteiger partial charge in [0.1, 0.15) is 11.6 Å². The molecule has 1 aromatic heterocycles. The summed E-state index contributed by atoms with van der Waals surface area (Å²) in [5.74, 6) is 1.07. The second-order valence-corrected chi connectivity index (χ2v) is 5.30. The summed E-state index contributed by atoms with van der Waals surface area (Å²) in [6, 6.07) is 5.03. The fourth-order valence-electron chi connectivity index (χ4n) is 2.75. The number of nitrogens with two attached hydrogens (primary N) is 1. The van der Waals surface area contributed by atoms with Crippen molar-refractivity contribution in [1.82, 2.24) is 14.8 Å². The lowest BCUT2D eigenvalue weighted by atomic mass is 9.86. The molecular formula is C13H14ClFN4. The van der Waals surface area contributed by atoms with Crippen LogP contribution in [-0.4, -0.2) is 14.8 Å². The highest BCUT2D eigenvalue weighted by Crippen LogP contribution is 2.38. The second-order valence-electron chi connectivity index (χ2n) is 4.89. The predicted molar refractivity (Wildman–Crippen MR) is 71.6 cm³/mol. The van der Waals surface area contributed by atoms with Gasteiger partial charge in [-0.05, 0) is 31.0 Å². The Balaban J connectivity index is 1.97. The maximum atomic E-state index is 13.2. The molecule has 1 aromatic carbocycles. The molecule has 2 aromatic rings. The van der Waals surface area contributed by atoms with Gasteiger partial charge in [0, 0.05) is 12.3 Å². The Bertz CT molecular complexity index is 625. The van der Waals surface area contributed by atoms with Crippen LogP contribution in [0.25, 0.3) is 0 Å². The molecule has 2 atom stereocenters. The van der Waals surface area contributed by atoms with Crippen LogP contribution in [0.5, 0.6) is 0 Å². The molecule has 0 saturated heterocycles. The van der Waals surface area contributed by atoms with Gasteiger partial charge in [0.2, 0.25) is 5.95 Å². The molecule has 0 bridgehead atoms. The molecule has 0 fully saturated rings. The van der Waals surface area contributed by atoms with Gasteiger partial charge in [-0.25, -0.2) is 9.07 Å². The van der Waals surface area contributed by atoms with Crippen LogP contribution >= 0.6 is 11.6 Å². The molecule has 6 heteroatoms. The summed E-state index contributed by atoms with van der Waals surface area (Å²) in [5.41, 5.74) is 6.66. The summed E-state index contributed by atoms with van der Waals surface area (Å²) in [7, 11) is 0. The Morgan fingerprint density at radius 1 is 1.47 bits per heavy atom. The highest BCUT2D eigenvalue weighted by molar-refractivity contribution is 6.30. The molecule has 0 amide bonds. The Morgan fingerprint density at radius 3 is 3.00 bits per heavy atom. The molecule has 2 N–H and O–H groups in total. The number of benzene rings is 1. The molecule has 100 valence electrons. The number of anilines is 1. The first-order valence-electron chi connectivity index (χ1n) is 6.22. The molecule has 1 aliphatic rings. The number of rotatable bonds is 1. The topological polar surface area (TPSA) is 56.7 Å². The Kier molecular flexibility index (Phi) is 2.93. The fraction of sp³-hybridized carbons (Fsp3) is 0.385. The molecule has 2 heterocycles. The van der Waals surface area contributed by atoms with Crippen LogP contribution < -0.4 is 5.73 Å². The van der Waals surface area contributed by atoms with Crippen LogP contribution in [0.2, 0.25) is 5.02 Å². The molecule has 0 radical (unpaired) electrons. The third-order valence-corrected chi connectivity index (χ3v) is 4.03. The van der Waals surface area contributed by atoms with Crippen LogP contribution in [0.3, 0.4) is 0 Å². The zero-order chi connectivity index (χ0) is 13.6. The minimum Gasteiger partial charge on any atom is -0.366 e. The maximum Gasteiger partial charge on any atom is 0.239 e. The average molecular weight is 281 g/mol. The van der Waals surface area contributed by atoms with Crippen molar-refractivity contribution in [3.8, 4) is 0 Å². The van der Waals surface area contributed by atoms with Gasteiger partial charge in [0.25, 0.3) is 0 Å². The van der Waals surface area contributed by atoms with Crippen LogP contribution in [0.1, 0.15) is 36.7 Å². The first-order valence-corrected chi connectivity index (χ1v) is 6.60.